The Balaban J connectivity index is 1.70. The van der Waals surface area contributed by atoms with Crippen molar-refractivity contribution in [3.8, 4) is 0 Å². The van der Waals surface area contributed by atoms with Crippen LogP contribution < -0.4 is 15.6 Å². The van der Waals surface area contributed by atoms with E-state index in [2.05, 4.69) is 5.32 Å². The van der Waals surface area contributed by atoms with Gasteiger partial charge in [0.25, 0.3) is 0 Å². The molecule has 180 valence electrons. The largest absolute Gasteiger partial charge is 0.478 e. The van der Waals surface area contributed by atoms with Crippen LogP contribution in [-0.2, 0) is 0 Å². The van der Waals surface area contributed by atoms with Crippen LogP contribution in [0.5, 0.6) is 0 Å². The minimum atomic E-state index is -4.23. The molecule has 0 amide bonds. The number of anilines is 2. The topological polar surface area (TPSA) is 82.8 Å². The number of fused-ring (bicyclic) bond motifs is 1. The van der Waals surface area contributed by atoms with Gasteiger partial charge in [0.05, 0.1) is 22.9 Å². The van der Waals surface area contributed by atoms with Crippen molar-refractivity contribution < 1.29 is 27.5 Å². The predicted octanol–water partition coefficient (Wildman–Crippen LogP) is 5.75. The highest BCUT2D eigenvalue weighted by Crippen LogP contribution is 2.36. The van der Waals surface area contributed by atoms with Gasteiger partial charge in [-0.3, -0.25) is 4.79 Å². The second-order valence-electron chi connectivity index (χ2n) is 8.70. The first-order valence-electron chi connectivity index (χ1n) is 11.0. The summed E-state index contributed by atoms with van der Waals surface area (Å²) >= 11 is 0. The molecular weight excluding hydrogens is 449 g/mol. The Morgan fingerprint density at radius 1 is 1.18 bits per heavy atom. The fourth-order valence-corrected chi connectivity index (χ4v) is 4.43. The summed E-state index contributed by atoms with van der Waals surface area (Å²) in [7, 11) is 0. The Kier molecular flexibility index (Phi) is 6.29. The van der Waals surface area contributed by atoms with Crippen molar-refractivity contribution in [3.05, 3.63) is 69.4 Å². The third kappa shape index (κ3) is 4.73. The fraction of sp³-hybridized carbons (Fsp3) is 0.360. The van der Waals surface area contributed by atoms with Crippen LogP contribution in [0.25, 0.3) is 11.0 Å². The van der Waals surface area contributed by atoms with Gasteiger partial charge in [0, 0.05) is 30.4 Å². The van der Waals surface area contributed by atoms with Crippen molar-refractivity contribution in [1.82, 2.24) is 0 Å². The molecule has 1 fully saturated rings. The molecule has 1 aliphatic heterocycles. The molecule has 1 atom stereocenters. The van der Waals surface area contributed by atoms with Crippen LogP contribution in [0.1, 0.15) is 47.3 Å². The van der Waals surface area contributed by atoms with Crippen molar-refractivity contribution in [2.24, 2.45) is 5.92 Å². The van der Waals surface area contributed by atoms with Crippen molar-refractivity contribution in [2.45, 2.75) is 38.9 Å². The second kappa shape index (κ2) is 9.04. The van der Waals surface area contributed by atoms with E-state index in [0.717, 1.165) is 5.56 Å². The van der Waals surface area contributed by atoms with E-state index in [9.17, 15) is 27.9 Å². The number of alkyl halides is 3. The molecular formula is C25H25F3N2O4. The molecule has 0 bridgehead atoms. The number of benzene rings is 2. The van der Waals surface area contributed by atoms with Crippen LogP contribution in [0.3, 0.4) is 0 Å². The van der Waals surface area contributed by atoms with Gasteiger partial charge < -0.3 is 19.7 Å². The number of para-hydroxylation sites is 1. The Hall–Kier alpha value is -3.49. The average molecular weight is 474 g/mol. The quantitative estimate of drug-likeness (QED) is 0.490. The fourth-order valence-electron chi connectivity index (χ4n) is 4.43. The number of hydrogen-bond donors (Lipinski definition) is 2. The number of aromatic carboxylic acids is 1. The van der Waals surface area contributed by atoms with Crippen LogP contribution in [0.15, 0.2) is 51.7 Å². The minimum absolute atomic E-state index is 0.0596. The smallest absolute Gasteiger partial charge is 0.391 e. The molecule has 0 radical (unpaired) electrons. The third-order valence-corrected chi connectivity index (χ3v) is 6.25. The third-order valence-electron chi connectivity index (χ3n) is 6.25. The molecule has 0 spiro atoms. The number of carboxylic acid groups (broad SMARTS) is 1. The highest BCUT2D eigenvalue weighted by molar-refractivity contribution is 5.94. The molecule has 9 heteroatoms. The van der Waals surface area contributed by atoms with Crippen molar-refractivity contribution in [2.75, 3.05) is 23.3 Å². The molecule has 2 aromatic carbocycles. The lowest BCUT2D eigenvalue weighted by atomic mass is 9.96. The Labute approximate surface area is 194 Å². The summed E-state index contributed by atoms with van der Waals surface area (Å²) in [5.74, 6) is -2.19. The Morgan fingerprint density at radius 3 is 2.50 bits per heavy atom. The minimum Gasteiger partial charge on any atom is -0.478 e. The van der Waals surface area contributed by atoms with E-state index in [1.807, 2.05) is 19.9 Å². The Bertz CT molecular complexity index is 1280. The van der Waals surface area contributed by atoms with Crippen LogP contribution in [0, 0.1) is 12.8 Å². The van der Waals surface area contributed by atoms with Gasteiger partial charge in [0.2, 0.25) is 0 Å². The average Bonchev–Trinajstić information content (AvgIpc) is 2.78. The van der Waals surface area contributed by atoms with Gasteiger partial charge in [0.15, 0.2) is 11.3 Å². The lowest BCUT2D eigenvalue weighted by Crippen LogP contribution is -2.39. The first-order valence-corrected chi connectivity index (χ1v) is 11.0. The molecule has 4 rings (SSSR count). The van der Waals surface area contributed by atoms with E-state index in [1.165, 1.54) is 12.1 Å². The van der Waals surface area contributed by atoms with Crippen LogP contribution in [0.4, 0.5) is 24.7 Å². The number of hydrogen-bond acceptors (Lipinski definition) is 5. The lowest BCUT2D eigenvalue weighted by molar-refractivity contribution is -0.179. The van der Waals surface area contributed by atoms with E-state index < -0.39 is 24.1 Å². The molecule has 1 aliphatic rings. The van der Waals surface area contributed by atoms with E-state index >= 15 is 0 Å². The lowest BCUT2D eigenvalue weighted by Gasteiger charge is -2.33. The zero-order chi connectivity index (χ0) is 24.6. The summed E-state index contributed by atoms with van der Waals surface area (Å²) in [5.41, 5.74) is 2.06. The van der Waals surface area contributed by atoms with Gasteiger partial charge >= 0.3 is 12.1 Å². The summed E-state index contributed by atoms with van der Waals surface area (Å²) in [6, 6.07) is 11.0. The van der Waals surface area contributed by atoms with Gasteiger partial charge in [-0.1, -0.05) is 18.2 Å². The first kappa shape index (κ1) is 23.7. The number of nitrogens with one attached hydrogen (secondary N) is 1. The zero-order valence-corrected chi connectivity index (χ0v) is 18.8. The van der Waals surface area contributed by atoms with Crippen LogP contribution in [0.2, 0.25) is 0 Å². The summed E-state index contributed by atoms with van der Waals surface area (Å²) in [5, 5.41) is 13.0. The highest BCUT2D eigenvalue weighted by Gasteiger charge is 2.41. The highest BCUT2D eigenvalue weighted by atomic mass is 19.4. The number of aryl methyl sites for hydroxylation is 1. The summed E-state index contributed by atoms with van der Waals surface area (Å²) < 4.78 is 45.2. The monoisotopic (exact) mass is 474 g/mol. The summed E-state index contributed by atoms with van der Waals surface area (Å²) in [6.45, 7) is 3.95. The molecule has 2 heterocycles. The Morgan fingerprint density at radius 2 is 1.85 bits per heavy atom. The van der Waals surface area contributed by atoms with E-state index in [4.69, 9.17) is 4.42 Å². The maximum Gasteiger partial charge on any atom is 0.391 e. The van der Waals surface area contributed by atoms with Crippen molar-refractivity contribution >= 4 is 28.5 Å². The van der Waals surface area contributed by atoms with E-state index in [1.54, 1.807) is 29.2 Å². The molecule has 1 aromatic heterocycles. The molecule has 1 saturated heterocycles. The molecule has 0 saturated carbocycles. The number of carboxylic acids is 1. The second-order valence-corrected chi connectivity index (χ2v) is 8.70. The summed E-state index contributed by atoms with van der Waals surface area (Å²) in [6.07, 6.45) is -4.35. The number of nitrogens with zero attached hydrogens (tertiary/aromatic N) is 1. The number of rotatable bonds is 5. The first-order chi connectivity index (χ1) is 16.0. The van der Waals surface area contributed by atoms with E-state index in [-0.39, 0.29) is 42.8 Å². The number of piperidine rings is 1. The maximum absolute atomic E-state index is 13.0. The molecule has 1 unspecified atom stereocenters. The molecule has 0 aliphatic carbocycles. The van der Waals surface area contributed by atoms with Gasteiger partial charge in [-0.15, -0.1) is 0 Å². The van der Waals surface area contributed by atoms with Crippen molar-refractivity contribution in [1.29, 1.82) is 0 Å². The molecule has 34 heavy (non-hydrogen) atoms. The van der Waals surface area contributed by atoms with Gasteiger partial charge in [0.1, 0.15) is 5.58 Å². The van der Waals surface area contributed by atoms with Gasteiger partial charge in [-0.05, 0) is 50.5 Å². The van der Waals surface area contributed by atoms with Crippen molar-refractivity contribution in [3.63, 3.8) is 0 Å². The number of halogens is 3. The normalized spacial score (nSPS) is 16.0. The molecule has 6 nitrogen and oxygen atoms in total. The summed E-state index contributed by atoms with van der Waals surface area (Å²) in [4.78, 5) is 26.2. The maximum atomic E-state index is 13.0. The van der Waals surface area contributed by atoms with Gasteiger partial charge in [-0.25, -0.2) is 4.79 Å². The number of carbonyl (C=O) groups is 1. The standard InChI is InChI=1S/C25H25F3N2O4/c1-14-11-18(15(2)29-20-6-4-3-5-17(20)24(32)33)23-19(12-14)21(31)13-22(34-23)30-9-7-16(8-10-30)25(26,27)28/h3-6,11-13,15-16,29H,7-10H2,1-2H3,(H,32,33). The molecule has 3 aromatic rings. The van der Waals surface area contributed by atoms with Gasteiger partial charge in [-0.2, -0.15) is 13.2 Å². The van der Waals surface area contributed by atoms with E-state index in [0.29, 0.717) is 22.2 Å². The zero-order valence-electron chi connectivity index (χ0n) is 18.8. The SMILES string of the molecule is Cc1cc(C(C)Nc2ccccc2C(=O)O)c2oc(N3CCC(C(F)(F)F)CC3)cc(=O)c2c1. The van der Waals surface area contributed by atoms with Crippen LogP contribution in [-0.4, -0.2) is 30.3 Å². The molecule has 2 N–H and O–H groups in total. The predicted molar refractivity (Wildman–Crippen MR) is 124 cm³/mol. The van der Waals surface area contributed by atoms with Crippen LogP contribution >= 0.6 is 0 Å².